The fourth-order valence-corrected chi connectivity index (χ4v) is 9.52. The van der Waals surface area contributed by atoms with E-state index >= 15 is 0 Å². The molecular formula is C26H55O30P5. The van der Waals surface area contributed by atoms with Gasteiger partial charge in [-0.3, -0.25) is 36.3 Å². The summed E-state index contributed by atoms with van der Waals surface area (Å²) in [6.45, 7) is -5.03. The monoisotopic (exact) mass is 1000 g/mol. The molecule has 13 N–H and O–H groups in total. The van der Waals surface area contributed by atoms with Gasteiger partial charge in [0.05, 0.1) is 39.6 Å². The topological polar surface area (TPSA) is 459 Å². The number of ether oxygens (including phenoxy) is 4. The van der Waals surface area contributed by atoms with E-state index in [0.717, 1.165) is 0 Å². The first kappa shape index (κ1) is 57.3. The lowest BCUT2D eigenvalue weighted by Crippen LogP contribution is -2.59. The maximum atomic E-state index is 12.4. The molecule has 2 aliphatic rings. The summed E-state index contributed by atoms with van der Waals surface area (Å²) in [7, 11) is -24.4. The van der Waals surface area contributed by atoms with Crippen molar-refractivity contribution in [1.29, 1.82) is 0 Å². The zero-order chi connectivity index (χ0) is 46.2. The van der Waals surface area contributed by atoms with Crippen LogP contribution >= 0.6 is 38.7 Å². The zero-order valence-corrected chi connectivity index (χ0v) is 36.7. The van der Waals surface area contributed by atoms with Crippen LogP contribution in [0.3, 0.4) is 0 Å². The minimum Gasteiger partial charge on any atom is -0.394 e. The van der Waals surface area contributed by atoms with Gasteiger partial charge in [-0.05, 0) is 25.7 Å². The van der Waals surface area contributed by atoms with Crippen LogP contribution in [0.5, 0.6) is 0 Å². The van der Waals surface area contributed by atoms with Crippen LogP contribution in [0.1, 0.15) is 25.7 Å². The van der Waals surface area contributed by atoms with E-state index in [4.69, 9.17) is 28.0 Å². The Balaban J connectivity index is 1.75. The molecule has 0 radical (unpaired) electrons. The molecule has 2 fully saturated rings. The van der Waals surface area contributed by atoms with E-state index in [2.05, 4.69) is 27.1 Å². The minimum absolute atomic E-state index is 0.0334. The van der Waals surface area contributed by atoms with Crippen LogP contribution in [0.25, 0.3) is 0 Å². The second-order valence-corrected chi connectivity index (χ2v) is 20.9. The number of unbranched alkanes of at least 4 members (excludes halogenated alkanes) is 2. The van der Waals surface area contributed by atoms with Gasteiger partial charge in [0, 0.05) is 20.3 Å². The first-order valence-electron chi connectivity index (χ1n) is 17.9. The summed E-state index contributed by atoms with van der Waals surface area (Å²) in [6.07, 6.45) is -19.6. The predicted molar refractivity (Wildman–Crippen MR) is 195 cm³/mol. The summed E-state index contributed by atoms with van der Waals surface area (Å²) in [6, 6.07) is 0. The summed E-state index contributed by atoms with van der Waals surface area (Å²) in [5.74, 6) is 0. The number of aliphatic hydroxyl groups is 8. The molecule has 30 nitrogen and oxygen atoms in total. The third kappa shape index (κ3) is 21.1. The molecule has 0 amide bonds. The Kier molecular flexibility index (Phi) is 24.9. The van der Waals surface area contributed by atoms with E-state index < -0.39 is 159 Å². The molecule has 15 atom stereocenters. The highest BCUT2D eigenvalue weighted by atomic mass is 31.2. The van der Waals surface area contributed by atoms with Crippen molar-refractivity contribution < 1.29 is 143 Å². The molecule has 35 heteroatoms. The van der Waals surface area contributed by atoms with Crippen molar-refractivity contribution in [2.24, 2.45) is 0 Å². The van der Waals surface area contributed by atoms with E-state index in [9.17, 15) is 88.1 Å². The zero-order valence-electron chi connectivity index (χ0n) is 32.2. The molecule has 61 heavy (non-hydrogen) atoms. The van der Waals surface area contributed by atoms with Gasteiger partial charge in [0.1, 0.15) is 54.9 Å². The van der Waals surface area contributed by atoms with Crippen LogP contribution in [-0.2, 0) is 78.0 Å². The van der Waals surface area contributed by atoms with Gasteiger partial charge in [-0.25, -0.2) is 13.7 Å². The van der Waals surface area contributed by atoms with Crippen molar-refractivity contribution >= 4 is 38.7 Å². The number of hydrogen-bond acceptors (Lipinski definition) is 25. The lowest BCUT2D eigenvalue weighted by molar-refractivity contribution is -0.301. The van der Waals surface area contributed by atoms with Gasteiger partial charge >= 0.3 is 38.7 Å². The SMILES string of the molecule is COP(=O)(O)OC(COP(=O)(O)OCP(=O)(O)OCCCCO[C@@H]1OC(CO)[C@H](O)C(O)[C@@H]1O)COP(=O)(O)OCP(=O)(O)OCCCCO[C@@H]1OC(CO)[C@H](O)C(O)[C@@H]1O. The van der Waals surface area contributed by atoms with Gasteiger partial charge in [-0.1, -0.05) is 0 Å². The molecule has 0 aromatic rings. The van der Waals surface area contributed by atoms with Crippen LogP contribution in [0.2, 0.25) is 0 Å². The first-order chi connectivity index (χ1) is 28.3. The summed E-state index contributed by atoms with van der Waals surface area (Å²) in [5, 5.41) is 77.5. The molecule has 0 aliphatic carbocycles. The van der Waals surface area contributed by atoms with Crippen LogP contribution in [0.4, 0.5) is 0 Å². The molecule has 9 unspecified atom stereocenters. The van der Waals surface area contributed by atoms with Crippen LogP contribution < -0.4 is 0 Å². The van der Waals surface area contributed by atoms with Gasteiger partial charge in [0.2, 0.25) is 0 Å². The maximum Gasteiger partial charge on any atom is 0.472 e. The average Bonchev–Trinajstić information content (AvgIpc) is 3.20. The van der Waals surface area contributed by atoms with Gasteiger partial charge in [0.15, 0.2) is 25.3 Å². The van der Waals surface area contributed by atoms with Crippen molar-refractivity contribution in [3.8, 4) is 0 Å². The highest BCUT2D eigenvalue weighted by Crippen LogP contribution is 2.54. The average molecular weight is 1000 g/mol. The molecule has 0 aromatic carbocycles. The van der Waals surface area contributed by atoms with E-state index in [1.807, 2.05) is 0 Å². The van der Waals surface area contributed by atoms with Crippen LogP contribution in [0.15, 0.2) is 0 Å². The second-order valence-electron chi connectivity index (χ2n) is 12.9. The number of phosphoric acid groups is 3. The molecule has 2 aliphatic heterocycles. The summed E-state index contributed by atoms with van der Waals surface area (Å²) in [5.41, 5.74) is 0. The third-order valence-corrected chi connectivity index (χ3v) is 13.4. The Labute approximate surface area is 347 Å². The fourth-order valence-electron chi connectivity index (χ4n) is 4.77. The normalized spacial score (nSPS) is 32.8. The molecule has 0 spiro atoms. The second kappa shape index (κ2) is 26.5. The van der Waals surface area contributed by atoms with Crippen LogP contribution in [0, 0.1) is 0 Å². The quantitative estimate of drug-likeness (QED) is 0.0242. The molecule has 2 saturated heterocycles. The third-order valence-electron chi connectivity index (χ3n) is 8.05. The lowest BCUT2D eigenvalue weighted by Gasteiger charge is -2.39. The van der Waals surface area contributed by atoms with E-state index in [1.54, 1.807) is 0 Å². The van der Waals surface area contributed by atoms with Crippen molar-refractivity contribution in [3.05, 3.63) is 0 Å². The first-order valence-corrected chi connectivity index (χ1v) is 25.9. The van der Waals surface area contributed by atoms with Gasteiger partial charge in [-0.2, -0.15) is 0 Å². The molecule has 364 valence electrons. The summed E-state index contributed by atoms with van der Waals surface area (Å²) in [4.78, 5) is 49.6. The van der Waals surface area contributed by atoms with Crippen molar-refractivity contribution in [3.63, 3.8) is 0 Å². The smallest absolute Gasteiger partial charge is 0.394 e. The van der Waals surface area contributed by atoms with Crippen molar-refractivity contribution in [2.45, 2.75) is 93.2 Å². The number of rotatable bonds is 31. The predicted octanol–water partition coefficient (Wildman–Crippen LogP) is -3.10. The maximum absolute atomic E-state index is 12.4. The van der Waals surface area contributed by atoms with Crippen molar-refractivity contribution in [2.75, 3.05) is 72.7 Å². The minimum atomic E-state index is -5.32. The van der Waals surface area contributed by atoms with Crippen LogP contribution in [-0.4, -0.2) is 205 Å². The molecule has 2 rings (SSSR count). The Hall–Kier alpha value is 0.150. The van der Waals surface area contributed by atoms with E-state index in [0.29, 0.717) is 7.11 Å². The van der Waals surface area contributed by atoms with E-state index in [1.165, 1.54) is 0 Å². The van der Waals surface area contributed by atoms with Crippen molar-refractivity contribution in [1.82, 2.24) is 0 Å². The van der Waals surface area contributed by atoms with Gasteiger partial charge < -0.3 is 93.3 Å². The standard InChI is InChI=1S/C26H55O30P5/c1-45-59(39,40)56-16(12-50-60(41,42)52-14-57(35,36)48-8-4-2-6-46-25-23(33)21(31)19(29)17(10-27)54-25)13-51-61(43,44)53-15-58(37,38)49-9-5-3-7-47-26-24(34)22(32)20(30)18(11-28)55-26/h16-34H,2-15H2,1H3,(H,35,36)(H,37,38)(H,39,40)(H,41,42)(H,43,44)/t16?,17?,18?,19-,20-,21?,22?,23-,24-,25+,26+/m0/s1. The van der Waals surface area contributed by atoms with Gasteiger partial charge in [0.25, 0.3) is 0 Å². The lowest BCUT2D eigenvalue weighted by atomic mass is 9.99. The Morgan fingerprint density at radius 3 is 1.20 bits per heavy atom. The number of hydrogen-bond donors (Lipinski definition) is 13. The molecule has 0 saturated carbocycles. The Morgan fingerprint density at radius 2 is 0.852 bits per heavy atom. The summed E-state index contributed by atoms with van der Waals surface area (Å²) < 4.78 is 119. The number of aliphatic hydroxyl groups excluding tert-OH is 8. The molecule has 0 aromatic heterocycles. The van der Waals surface area contributed by atoms with Gasteiger partial charge in [-0.15, -0.1) is 0 Å². The Bertz CT molecular complexity index is 1430. The number of phosphoric ester groups is 3. The van der Waals surface area contributed by atoms with E-state index in [-0.39, 0.29) is 38.9 Å². The summed E-state index contributed by atoms with van der Waals surface area (Å²) >= 11 is 0. The molecule has 0 bridgehead atoms. The fraction of sp³-hybridized carbons (Fsp3) is 1.00. The molecular weight excluding hydrogens is 947 g/mol. The highest BCUT2D eigenvalue weighted by molar-refractivity contribution is 7.54. The Morgan fingerprint density at radius 1 is 0.492 bits per heavy atom. The highest BCUT2D eigenvalue weighted by Gasteiger charge is 2.45. The largest absolute Gasteiger partial charge is 0.472 e. The molecule has 2 heterocycles.